The molecule has 0 bridgehead atoms. The first-order chi connectivity index (χ1) is 8.80. The van der Waals surface area contributed by atoms with E-state index in [0.29, 0.717) is 0 Å². The molecule has 106 valence electrons. The summed E-state index contributed by atoms with van der Waals surface area (Å²) in [5.41, 5.74) is 0. The second-order valence-corrected chi connectivity index (χ2v) is 6.15. The summed E-state index contributed by atoms with van der Waals surface area (Å²) in [5, 5.41) is 6.81. The molecule has 0 aromatic rings. The van der Waals surface area contributed by atoms with Crippen molar-refractivity contribution in [2.75, 3.05) is 32.1 Å². The Bertz CT molecular complexity index is 235. The first-order valence-corrected chi connectivity index (χ1v) is 8.63. The van der Waals surface area contributed by atoms with Gasteiger partial charge >= 0.3 is 0 Å². The van der Waals surface area contributed by atoms with Crippen molar-refractivity contribution in [2.24, 2.45) is 16.8 Å². The first-order valence-electron chi connectivity index (χ1n) is 7.23. The molecule has 1 saturated carbocycles. The lowest BCUT2D eigenvalue weighted by Gasteiger charge is -2.28. The number of rotatable bonds is 6. The van der Waals surface area contributed by atoms with Gasteiger partial charge in [-0.1, -0.05) is 26.2 Å². The van der Waals surface area contributed by atoms with Gasteiger partial charge in [-0.15, -0.1) is 0 Å². The second kappa shape index (κ2) is 9.54. The lowest BCUT2D eigenvalue weighted by molar-refractivity contribution is 0.269. The fourth-order valence-corrected chi connectivity index (χ4v) is 2.88. The summed E-state index contributed by atoms with van der Waals surface area (Å²) in [6.07, 6.45) is 9.09. The summed E-state index contributed by atoms with van der Waals surface area (Å²) < 4.78 is 0. The number of guanidine groups is 1. The quantitative estimate of drug-likeness (QED) is 0.443. The van der Waals surface area contributed by atoms with Gasteiger partial charge in [0.25, 0.3) is 0 Å². The third-order valence-corrected chi connectivity index (χ3v) is 4.54. The Morgan fingerprint density at radius 2 is 1.83 bits per heavy atom. The molecule has 18 heavy (non-hydrogen) atoms. The van der Waals surface area contributed by atoms with Gasteiger partial charge in [0.05, 0.1) is 0 Å². The minimum atomic E-state index is 0.840. The molecule has 4 heteroatoms. The van der Waals surface area contributed by atoms with Crippen molar-refractivity contribution in [1.29, 1.82) is 0 Å². The van der Waals surface area contributed by atoms with Crippen LogP contribution in [-0.2, 0) is 0 Å². The maximum Gasteiger partial charge on any atom is 0.191 e. The Morgan fingerprint density at radius 1 is 1.17 bits per heavy atom. The smallest absolute Gasteiger partial charge is 0.191 e. The highest BCUT2D eigenvalue weighted by Gasteiger charge is 2.19. The summed E-state index contributed by atoms with van der Waals surface area (Å²) in [6.45, 7) is 4.39. The lowest BCUT2D eigenvalue weighted by atomic mass is 9.81. The number of hydrogen-bond acceptors (Lipinski definition) is 2. The molecule has 0 aromatic heterocycles. The molecule has 1 aliphatic carbocycles. The summed E-state index contributed by atoms with van der Waals surface area (Å²) in [4.78, 5) is 4.26. The molecule has 1 fully saturated rings. The molecule has 0 heterocycles. The van der Waals surface area contributed by atoms with Crippen LogP contribution in [-0.4, -0.2) is 38.1 Å². The van der Waals surface area contributed by atoms with Gasteiger partial charge in [-0.25, -0.2) is 0 Å². The number of thioether (sulfide) groups is 1. The maximum absolute atomic E-state index is 4.26. The van der Waals surface area contributed by atoms with E-state index in [0.717, 1.165) is 36.6 Å². The number of hydrogen-bond donors (Lipinski definition) is 2. The molecule has 0 radical (unpaired) electrons. The highest BCUT2D eigenvalue weighted by Crippen LogP contribution is 2.29. The Kier molecular flexibility index (Phi) is 8.31. The van der Waals surface area contributed by atoms with Gasteiger partial charge in [0.15, 0.2) is 5.96 Å². The molecule has 0 atom stereocenters. The van der Waals surface area contributed by atoms with E-state index in [2.05, 4.69) is 28.8 Å². The van der Waals surface area contributed by atoms with E-state index < -0.39 is 0 Å². The lowest BCUT2D eigenvalue weighted by Crippen LogP contribution is -2.41. The summed E-state index contributed by atoms with van der Waals surface area (Å²) in [5.74, 6) is 3.91. The molecular weight excluding hydrogens is 242 g/mol. The average molecular weight is 271 g/mol. The zero-order valence-corrected chi connectivity index (χ0v) is 13.0. The number of nitrogens with one attached hydrogen (secondary N) is 2. The maximum atomic E-state index is 4.26. The number of nitrogens with zero attached hydrogens (tertiary/aromatic N) is 1. The monoisotopic (exact) mass is 271 g/mol. The molecule has 1 aliphatic rings. The van der Waals surface area contributed by atoms with Crippen LogP contribution in [0.1, 0.15) is 39.0 Å². The van der Waals surface area contributed by atoms with Crippen molar-refractivity contribution in [2.45, 2.75) is 39.0 Å². The normalized spacial score (nSPS) is 24.9. The van der Waals surface area contributed by atoms with Gasteiger partial charge < -0.3 is 10.6 Å². The molecule has 1 rings (SSSR count). The predicted octanol–water partition coefficient (Wildman–Crippen LogP) is 2.73. The van der Waals surface area contributed by atoms with Crippen molar-refractivity contribution < 1.29 is 0 Å². The Labute approximate surface area is 117 Å². The van der Waals surface area contributed by atoms with Crippen molar-refractivity contribution in [3.63, 3.8) is 0 Å². The van der Waals surface area contributed by atoms with E-state index >= 15 is 0 Å². The van der Waals surface area contributed by atoms with Crippen LogP contribution in [0.25, 0.3) is 0 Å². The zero-order chi connectivity index (χ0) is 13.2. The van der Waals surface area contributed by atoms with Crippen molar-refractivity contribution in [3.05, 3.63) is 0 Å². The van der Waals surface area contributed by atoms with E-state index in [1.54, 1.807) is 0 Å². The highest BCUT2D eigenvalue weighted by molar-refractivity contribution is 7.98. The fourth-order valence-electron chi connectivity index (χ4n) is 2.58. The molecule has 0 saturated heterocycles. The van der Waals surface area contributed by atoms with E-state index in [1.165, 1.54) is 32.1 Å². The SMILES string of the molecule is CCC1CCC(CNC(=NC)NCCSC)CC1. The van der Waals surface area contributed by atoms with Crippen LogP contribution < -0.4 is 10.6 Å². The van der Waals surface area contributed by atoms with Crippen LogP contribution in [0, 0.1) is 11.8 Å². The minimum absolute atomic E-state index is 0.840. The van der Waals surface area contributed by atoms with Gasteiger partial charge in [0, 0.05) is 25.9 Å². The molecule has 0 amide bonds. The molecule has 0 unspecified atom stereocenters. The summed E-state index contributed by atoms with van der Waals surface area (Å²) in [7, 11) is 1.85. The molecule has 0 aliphatic heterocycles. The van der Waals surface area contributed by atoms with Gasteiger partial charge in [0.2, 0.25) is 0 Å². The van der Waals surface area contributed by atoms with E-state index in [9.17, 15) is 0 Å². The fraction of sp³-hybridized carbons (Fsp3) is 0.929. The van der Waals surface area contributed by atoms with Gasteiger partial charge in [0.1, 0.15) is 0 Å². The molecular formula is C14H29N3S. The standard InChI is InChI=1S/C14H29N3S/c1-4-12-5-7-13(8-6-12)11-17-14(15-2)16-9-10-18-3/h12-13H,4-11H2,1-3H3,(H2,15,16,17). The van der Waals surface area contributed by atoms with Crippen molar-refractivity contribution in [1.82, 2.24) is 10.6 Å². The molecule has 2 N–H and O–H groups in total. The van der Waals surface area contributed by atoms with E-state index in [1.807, 2.05) is 18.8 Å². The third kappa shape index (κ3) is 5.98. The van der Waals surface area contributed by atoms with Crippen LogP contribution in [0.15, 0.2) is 4.99 Å². The van der Waals surface area contributed by atoms with Gasteiger partial charge in [-0.3, -0.25) is 4.99 Å². The van der Waals surface area contributed by atoms with E-state index in [-0.39, 0.29) is 0 Å². The largest absolute Gasteiger partial charge is 0.356 e. The minimum Gasteiger partial charge on any atom is -0.356 e. The van der Waals surface area contributed by atoms with Gasteiger partial charge in [-0.2, -0.15) is 11.8 Å². The van der Waals surface area contributed by atoms with Crippen LogP contribution in [0.2, 0.25) is 0 Å². The first kappa shape index (κ1) is 15.7. The average Bonchev–Trinajstić information content (AvgIpc) is 2.43. The third-order valence-electron chi connectivity index (χ3n) is 3.92. The second-order valence-electron chi connectivity index (χ2n) is 5.17. The zero-order valence-electron chi connectivity index (χ0n) is 12.2. The van der Waals surface area contributed by atoms with Crippen LogP contribution >= 0.6 is 11.8 Å². The predicted molar refractivity (Wildman–Crippen MR) is 83.5 cm³/mol. The number of aliphatic imine (C=N–C) groups is 1. The summed E-state index contributed by atoms with van der Waals surface area (Å²) in [6, 6.07) is 0. The van der Waals surface area contributed by atoms with Crippen LogP contribution in [0.5, 0.6) is 0 Å². The molecule has 0 aromatic carbocycles. The molecule has 3 nitrogen and oxygen atoms in total. The topological polar surface area (TPSA) is 36.4 Å². The Hall–Kier alpha value is -0.380. The highest BCUT2D eigenvalue weighted by atomic mass is 32.2. The van der Waals surface area contributed by atoms with Crippen LogP contribution in [0.3, 0.4) is 0 Å². The van der Waals surface area contributed by atoms with Crippen molar-refractivity contribution in [3.8, 4) is 0 Å². The van der Waals surface area contributed by atoms with Crippen molar-refractivity contribution >= 4 is 17.7 Å². The molecule has 0 spiro atoms. The Morgan fingerprint density at radius 3 is 2.39 bits per heavy atom. The Balaban J connectivity index is 2.15. The van der Waals surface area contributed by atoms with E-state index in [4.69, 9.17) is 0 Å². The van der Waals surface area contributed by atoms with Crippen LogP contribution in [0.4, 0.5) is 0 Å². The van der Waals surface area contributed by atoms with Gasteiger partial charge in [-0.05, 0) is 30.9 Å². The summed E-state index contributed by atoms with van der Waals surface area (Å²) >= 11 is 1.86.